The molecule has 4 rings (SSSR count). The summed E-state index contributed by atoms with van der Waals surface area (Å²) in [6.07, 6.45) is 6.59. The number of phenolic OH excluding ortho intramolecular Hbond substituents is 1. The second-order valence-corrected chi connectivity index (χ2v) is 7.86. The van der Waals surface area contributed by atoms with Gasteiger partial charge in [-0.25, -0.2) is 0 Å². The van der Waals surface area contributed by atoms with Crippen LogP contribution in [0.2, 0.25) is 0 Å². The first kappa shape index (κ1) is 17.3. The lowest BCUT2D eigenvalue weighted by atomic mass is 9.94. The fourth-order valence-electron chi connectivity index (χ4n) is 3.62. The standard InChI is InChI=1S/C22H24N2OS/c25-21-8-4-7-20-22(21)18(14-24-20)15-26-12-10-19-13-17(9-11-23-19)16-5-2-1-3-6-16/h1-9,14,19,23-25H,10-13,15H2/t19-/m1/s1. The number of benzene rings is 2. The molecule has 0 unspecified atom stereocenters. The molecule has 0 fully saturated rings. The van der Waals surface area contributed by atoms with Crippen molar-refractivity contribution in [3.63, 3.8) is 0 Å². The van der Waals surface area contributed by atoms with E-state index in [0.29, 0.717) is 11.8 Å². The maximum atomic E-state index is 10.1. The van der Waals surface area contributed by atoms with Crippen LogP contribution < -0.4 is 5.32 Å². The van der Waals surface area contributed by atoms with Crippen molar-refractivity contribution in [3.05, 3.63) is 71.9 Å². The van der Waals surface area contributed by atoms with Gasteiger partial charge in [0.05, 0.1) is 0 Å². The van der Waals surface area contributed by atoms with Crippen LogP contribution in [0.3, 0.4) is 0 Å². The number of phenols is 1. The molecule has 0 spiro atoms. The summed E-state index contributed by atoms with van der Waals surface area (Å²) in [6, 6.07) is 16.9. The van der Waals surface area contributed by atoms with Gasteiger partial charge in [0.1, 0.15) is 5.75 Å². The highest BCUT2D eigenvalue weighted by Gasteiger charge is 2.16. The normalized spacial score (nSPS) is 17.4. The van der Waals surface area contributed by atoms with Crippen molar-refractivity contribution in [3.8, 4) is 5.75 Å². The maximum Gasteiger partial charge on any atom is 0.125 e. The van der Waals surface area contributed by atoms with Crippen LogP contribution in [0.25, 0.3) is 16.5 Å². The summed E-state index contributed by atoms with van der Waals surface area (Å²) in [4.78, 5) is 3.25. The third-order valence-corrected chi connectivity index (χ3v) is 6.04. The van der Waals surface area contributed by atoms with Gasteiger partial charge in [-0.3, -0.25) is 0 Å². The molecule has 0 radical (unpaired) electrons. The number of H-pyrrole nitrogens is 1. The topological polar surface area (TPSA) is 48.0 Å². The molecular formula is C22H24N2OS. The zero-order valence-electron chi connectivity index (χ0n) is 14.7. The average molecular weight is 365 g/mol. The van der Waals surface area contributed by atoms with Crippen molar-refractivity contribution >= 4 is 28.2 Å². The van der Waals surface area contributed by atoms with E-state index in [1.807, 2.05) is 30.1 Å². The monoisotopic (exact) mass is 364 g/mol. The van der Waals surface area contributed by atoms with Gasteiger partial charge in [-0.1, -0.05) is 42.5 Å². The van der Waals surface area contributed by atoms with Gasteiger partial charge in [0.15, 0.2) is 0 Å². The van der Waals surface area contributed by atoms with Gasteiger partial charge in [-0.05, 0) is 47.4 Å². The van der Waals surface area contributed by atoms with E-state index in [1.165, 1.54) is 16.7 Å². The number of hydrogen-bond acceptors (Lipinski definition) is 3. The smallest absolute Gasteiger partial charge is 0.125 e. The van der Waals surface area contributed by atoms with E-state index < -0.39 is 0 Å². The first-order valence-electron chi connectivity index (χ1n) is 9.15. The maximum absolute atomic E-state index is 10.1. The van der Waals surface area contributed by atoms with E-state index in [9.17, 15) is 5.11 Å². The molecule has 1 aliphatic rings. The summed E-state index contributed by atoms with van der Waals surface area (Å²) in [5, 5.41) is 14.7. The molecule has 0 aliphatic carbocycles. The van der Waals surface area contributed by atoms with Crippen molar-refractivity contribution in [1.29, 1.82) is 0 Å². The molecule has 1 atom stereocenters. The highest BCUT2D eigenvalue weighted by molar-refractivity contribution is 7.98. The van der Waals surface area contributed by atoms with Crippen molar-refractivity contribution in [2.75, 3.05) is 12.3 Å². The SMILES string of the molecule is Oc1cccc2[nH]cc(CSCC[C@@H]3CC(c4ccccc4)=CCN3)c12. The Morgan fingerprint density at radius 1 is 1.08 bits per heavy atom. The number of rotatable bonds is 6. The summed E-state index contributed by atoms with van der Waals surface area (Å²) < 4.78 is 0. The van der Waals surface area contributed by atoms with Crippen LogP contribution in [-0.4, -0.2) is 28.4 Å². The largest absolute Gasteiger partial charge is 0.507 e. The van der Waals surface area contributed by atoms with E-state index in [0.717, 1.165) is 41.8 Å². The molecule has 4 heteroatoms. The van der Waals surface area contributed by atoms with E-state index in [2.05, 4.69) is 46.7 Å². The van der Waals surface area contributed by atoms with E-state index in [4.69, 9.17) is 0 Å². The minimum absolute atomic E-state index is 0.367. The number of aromatic hydroxyl groups is 1. The number of hydrogen-bond donors (Lipinski definition) is 3. The lowest BCUT2D eigenvalue weighted by Crippen LogP contribution is -2.33. The predicted octanol–water partition coefficient (Wildman–Crippen LogP) is 4.94. The summed E-state index contributed by atoms with van der Waals surface area (Å²) in [6.45, 7) is 0.954. The van der Waals surface area contributed by atoms with Gasteiger partial charge >= 0.3 is 0 Å². The van der Waals surface area contributed by atoms with Crippen LogP contribution in [0, 0.1) is 0 Å². The Bertz CT molecular complexity index is 901. The first-order chi connectivity index (χ1) is 12.8. The fourth-order valence-corrected chi connectivity index (χ4v) is 4.66. The summed E-state index contributed by atoms with van der Waals surface area (Å²) in [5.41, 5.74) is 5.00. The molecule has 26 heavy (non-hydrogen) atoms. The molecule has 0 bridgehead atoms. The summed E-state index contributed by atoms with van der Waals surface area (Å²) in [5.74, 6) is 2.40. The zero-order chi connectivity index (χ0) is 17.8. The number of aromatic amines is 1. The van der Waals surface area contributed by atoms with Crippen LogP contribution in [0.5, 0.6) is 5.75 Å². The van der Waals surface area contributed by atoms with E-state index in [1.54, 1.807) is 6.07 Å². The summed E-state index contributed by atoms with van der Waals surface area (Å²) in [7, 11) is 0. The molecule has 3 nitrogen and oxygen atoms in total. The number of thioether (sulfide) groups is 1. The van der Waals surface area contributed by atoms with Gasteiger partial charge in [0.25, 0.3) is 0 Å². The van der Waals surface area contributed by atoms with E-state index >= 15 is 0 Å². The molecule has 0 saturated heterocycles. The minimum Gasteiger partial charge on any atom is -0.507 e. The third-order valence-electron chi connectivity index (χ3n) is 5.00. The number of fused-ring (bicyclic) bond motifs is 1. The van der Waals surface area contributed by atoms with Gasteiger partial charge in [0.2, 0.25) is 0 Å². The molecule has 3 aromatic rings. The van der Waals surface area contributed by atoms with Crippen LogP contribution in [-0.2, 0) is 5.75 Å². The Morgan fingerprint density at radius 2 is 1.96 bits per heavy atom. The van der Waals surface area contributed by atoms with E-state index in [-0.39, 0.29) is 0 Å². The molecule has 2 heterocycles. The van der Waals surface area contributed by atoms with Crippen molar-refractivity contribution in [2.45, 2.75) is 24.6 Å². The Hall–Kier alpha value is -2.17. The van der Waals surface area contributed by atoms with Crippen LogP contribution >= 0.6 is 11.8 Å². The van der Waals surface area contributed by atoms with Gasteiger partial charge < -0.3 is 15.4 Å². The number of aromatic nitrogens is 1. The van der Waals surface area contributed by atoms with Gasteiger partial charge in [0, 0.05) is 35.4 Å². The fraction of sp³-hybridized carbons (Fsp3) is 0.273. The zero-order valence-corrected chi connectivity index (χ0v) is 15.6. The minimum atomic E-state index is 0.367. The molecule has 2 aromatic carbocycles. The highest BCUT2D eigenvalue weighted by atomic mass is 32.2. The Balaban J connectivity index is 1.29. The molecule has 1 aromatic heterocycles. The molecular weight excluding hydrogens is 340 g/mol. The molecule has 134 valence electrons. The Kier molecular flexibility index (Phi) is 5.32. The molecule has 0 saturated carbocycles. The lowest BCUT2D eigenvalue weighted by Gasteiger charge is -2.24. The van der Waals surface area contributed by atoms with Crippen molar-refractivity contribution in [1.82, 2.24) is 10.3 Å². The van der Waals surface area contributed by atoms with Crippen molar-refractivity contribution < 1.29 is 5.11 Å². The first-order valence-corrected chi connectivity index (χ1v) is 10.3. The van der Waals surface area contributed by atoms with Crippen LogP contribution in [0.4, 0.5) is 0 Å². The lowest BCUT2D eigenvalue weighted by molar-refractivity contribution is 0.481. The second kappa shape index (κ2) is 8.02. The third kappa shape index (κ3) is 3.81. The summed E-state index contributed by atoms with van der Waals surface area (Å²) >= 11 is 1.93. The average Bonchev–Trinajstić information content (AvgIpc) is 3.11. The molecule has 1 aliphatic heterocycles. The van der Waals surface area contributed by atoms with Gasteiger partial charge in [-0.2, -0.15) is 11.8 Å². The van der Waals surface area contributed by atoms with Crippen molar-refractivity contribution in [2.24, 2.45) is 0 Å². The number of nitrogens with one attached hydrogen (secondary N) is 2. The van der Waals surface area contributed by atoms with Gasteiger partial charge in [-0.15, -0.1) is 0 Å². The Morgan fingerprint density at radius 3 is 2.85 bits per heavy atom. The highest BCUT2D eigenvalue weighted by Crippen LogP contribution is 2.30. The molecule has 3 N–H and O–H groups in total. The quantitative estimate of drug-likeness (QED) is 0.543. The van der Waals surface area contributed by atoms with Crippen LogP contribution in [0.1, 0.15) is 24.0 Å². The Labute approximate surface area is 158 Å². The predicted molar refractivity (Wildman–Crippen MR) is 112 cm³/mol. The second-order valence-electron chi connectivity index (χ2n) is 6.76. The van der Waals surface area contributed by atoms with Crippen LogP contribution in [0.15, 0.2) is 60.8 Å². The molecule has 0 amide bonds.